The molecular weight excluding hydrogens is 272 g/mol. The summed E-state index contributed by atoms with van der Waals surface area (Å²) in [7, 11) is 1.58. The van der Waals surface area contributed by atoms with Crippen LogP contribution in [-0.4, -0.2) is 25.1 Å². The van der Waals surface area contributed by atoms with E-state index in [0.29, 0.717) is 17.2 Å². The van der Waals surface area contributed by atoms with Crippen LogP contribution in [0.4, 0.5) is 0 Å². The van der Waals surface area contributed by atoms with Gasteiger partial charge in [-0.15, -0.1) is 23.7 Å². The van der Waals surface area contributed by atoms with Crippen molar-refractivity contribution < 1.29 is 9.53 Å². The van der Waals surface area contributed by atoms with E-state index in [4.69, 9.17) is 10.5 Å². The number of nitrogens with two attached hydrogens (primary N) is 1. The maximum atomic E-state index is 12.2. The second-order valence-corrected chi connectivity index (χ2v) is 5.38. The zero-order valence-electron chi connectivity index (χ0n) is 10.4. The molecule has 1 aliphatic rings. The summed E-state index contributed by atoms with van der Waals surface area (Å²) >= 11 is 1.40. The van der Waals surface area contributed by atoms with Crippen molar-refractivity contribution >= 4 is 29.7 Å². The van der Waals surface area contributed by atoms with Crippen molar-refractivity contribution in [3.05, 3.63) is 16.3 Å². The summed E-state index contributed by atoms with van der Waals surface area (Å²) in [4.78, 5) is 12.8. The quantitative estimate of drug-likeness (QED) is 0.893. The average molecular weight is 291 g/mol. The number of nitrogens with one attached hydrogen (secondary N) is 1. The summed E-state index contributed by atoms with van der Waals surface area (Å²) < 4.78 is 5.16. The molecular formula is C12H19ClN2O2S. The zero-order chi connectivity index (χ0) is 12.3. The van der Waals surface area contributed by atoms with Crippen LogP contribution in [0, 0.1) is 0 Å². The molecule has 0 saturated heterocycles. The van der Waals surface area contributed by atoms with E-state index in [-0.39, 0.29) is 23.9 Å². The van der Waals surface area contributed by atoms with Crippen LogP contribution in [0.3, 0.4) is 0 Å². The second kappa shape index (κ2) is 6.41. The molecule has 0 unspecified atom stereocenters. The van der Waals surface area contributed by atoms with E-state index in [1.807, 2.05) is 11.4 Å². The van der Waals surface area contributed by atoms with Crippen LogP contribution in [0.2, 0.25) is 0 Å². The third-order valence-corrected chi connectivity index (χ3v) is 4.28. The molecule has 1 heterocycles. The number of carbonyl (C=O) groups is 1. The van der Waals surface area contributed by atoms with E-state index in [0.717, 1.165) is 25.7 Å². The van der Waals surface area contributed by atoms with Gasteiger partial charge in [-0.1, -0.05) is 12.8 Å². The molecule has 0 spiro atoms. The highest BCUT2D eigenvalue weighted by Gasteiger charge is 2.34. The molecule has 1 aromatic rings. The summed E-state index contributed by atoms with van der Waals surface area (Å²) in [6, 6.07) is 1.81. The zero-order valence-corrected chi connectivity index (χ0v) is 12.0. The number of methoxy groups -OCH3 is 1. The molecule has 1 amide bonds. The minimum Gasteiger partial charge on any atom is -0.495 e. The van der Waals surface area contributed by atoms with Gasteiger partial charge in [-0.05, 0) is 24.3 Å². The van der Waals surface area contributed by atoms with E-state index < -0.39 is 0 Å². The van der Waals surface area contributed by atoms with Crippen molar-refractivity contribution in [3.8, 4) is 5.75 Å². The molecule has 1 aliphatic carbocycles. The van der Waals surface area contributed by atoms with Gasteiger partial charge in [0.15, 0.2) is 0 Å². The lowest BCUT2D eigenvalue weighted by Crippen LogP contribution is -2.51. The number of amides is 1. The molecule has 0 aliphatic heterocycles. The summed E-state index contributed by atoms with van der Waals surface area (Å²) in [6.07, 6.45) is 4.23. The molecule has 0 bridgehead atoms. The number of carbonyl (C=O) groups excluding carboxylic acids is 1. The Labute approximate surface area is 117 Å². The maximum absolute atomic E-state index is 12.2. The highest BCUT2D eigenvalue weighted by Crippen LogP contribution is 2.31. The van der Waals surface area contributed by atoms with Crippen LogP contribution in [-0.2, 0) is 0 Å². The highest BCUT2D eigenvalue weighted by molar-refractivity contribution is 7.12. The van der Waals surface area contributed by atoms with E-state index >= 15 is 0 Å². The van der Waals surface area contributed by atoms with E-state index in [1.54, 1.807) is 7.11 Å². The first-order chi connectivity index (χ1) is 8.21. The third kappa shape index (κ3) is 2.96. The van der Waals surface area contributed by atoms with Crippen molar-refractivity contribution in [1.82, 2.24) is 5.32 Å². The Morgan fingerprint density at radius 1 is 1.56 bits per heavy atom. The van der Waals surface area contributed by atoms with Crippen LogP contribution >= 0.6 is 23.7 Å². The van der Waals surface area contributed by atoms with Crippen LogP contribution in [0.5, 0.6) is 5.75 Å². The minimum atomic E-state index is -0.202. The lowest BCUT2D eigenvalue weighted by Gasteiger charge is -2.28. The summed E-state index contributed by atoms with van der Waals surface area (Å²) in [5, 5.41) is 4.94. The summed E-state index contributed by atoms with van der Waals surface area (Å²) in [6.45, 7) is 0.506. The Balaban J connectivity index is 0.00000162. The number of thiophene rings is 1. The first kappa shape index (κ1) is 15.3. The molecule has 4 nitrogen and oxygen atoms in total. The monoisotopic (exact) mass is 290 g/mol. The minimum absolute atomic E-state index is 0. The Morgan fingerprint density at radius 2 is 2.22 bits per heavy atom. The van der Waals surface area contributed by atoms with Gasteiger partial charge in [-0.2, -0.15) is 0 Å². The molecule has 102 valence electrons. The molecule has 6 heteroatoms. The second-order valence-electron chi connectivity index (χ2n) is 4.46. The summed E-state index contributed by atoms with van der Waals surface area (Å²) in [5.74, 6) is 0.571. The van der Waals surface area contributed by atoms with Gasteiger partial charge >= 0.3 is 0 Å². The fraction of sp³-hybridized carbons (Fsp3) is 0.583. The third-order valence-electron chi connectivity index (χ3n) is 3.39. The molecule has 1 aromatic heterocycles. The van der Waals surface area contributed by atoms with Crippen molar-refractivity contribution in [2.24, 2.45) is 5.73 Å². The molecule has 18 heavy (non-hydrogen) atoms. The number of halogens is 1. The fourth-order valence-corrected chi connectivity index (χ4v) is 3.11. The standard InChI is InChI=1S/C12H18N2O2S.ClH/c1-16-9-4-7-17-10(9)11(15)14-12(8-13)5-2-3-6-12;/h4,7H,2-3,5-6,8,13H2,1H3,(H,14,15);1H. The molecule has 1 fully saturated rings. The predicted molar refractivity (Wildman–Crippen MR) is 75.8 cm³/mol. The number of hydrogen-bond donors (Lipinski definition) is 2. The predicted octanol–water partition coefficient (Wildman–Crippen LogP) is 2.18. The number of rotatable bonds is 4. The SMILES string of the molecule is COc1ccsc1C(=O)NC1(CN)CCCC1.Cl. The molecule has 0 aromatic carbocycles. The molecule has 2 rings (SSSR count). The van der Waals surface area contributed by atoms with Gasteiger partial charge < -0.3 is 15.8 Å². The Kier molecular flexibility index (Phi) is 5.44. The lowest BCUT2D eigenvalue weighted by molar-refractivity contribution is 0.0904. The van der Waals surface area contributed by atoms with Gasteiger partial charge in [-0.3, -0.25) is 4.79 Å². The maximum Gasteiger partial charge on any atom is 0.265 e. The molecule has 0 radical (unpaired) electrons. The molecule has 0 atom stereocenters. The Morgan fingerprint density at radius 3 is 2.78 bits per heavy atom. The van der Waals surface area contributed by atoms with E-state index in [9.17, 15) is 4.79 Å². The lowest BCUT2D eigenvalue weighted by atomic mass is 9.98. The van der Waals surface area contributed by atoms with Crippen LogP contribution < -0.4 is 15.8 Å². The topological polar surface area (TPSA) is 64.3 Å². The van der Waals surface area contributed by atoms with Crippen molar-refractivity contribution in [3.63, 3.8) is 0 Å². The van der Waals surface area contributed by atoms with Gasteiger partial charge in [0.1, 0.15) is 10.6 Å². The van der Waals surface area contributed by atoms with Crippen molar-refractivity contribution in [2.75, 3.05) is 13.7 Å². The van der Waals surface area contributed by atoms with Crippen LogP contribution in [0.1, 0.15) is 35.4 Å². The van der Waals surface area contributed by atoms with Gasteiger partial charge in [0, 0.05) is 6.54 Å². The number of hydrogen-bond acceptors (Lipinski definition) is 4. The number of ether oxygens (including phenoxy) is 1. The highest BCUT2D eigenvalue weighted by atomic mass is 35.5. The van der Waals surface area contributed by atoms with Crippen LogP contribution in [0.15, 0.2) is 11.4 Å². The van der Waals surface area contributed by atoms with E-state index in [1.165, 1.54) is 11.3 Å². The average Bonchev–Trinajstić information content (AvgIpc) is 2.97. The molecule has 3 N–H and O–H groups in total. The molecule has 1 saturated carbocycles. The first-order valence-corrected chi connectivity index (χ1v) is 6.73. The van der Waals surface area contributed by atoms with Crippen molar-refractivity contribution in [2.45, 2.75) is 31.2 Å². The first-order valence-electron chi connectivity index (χ1n) is 5.85. The van der Waals surface area contributed by atoms with Crippen molar-refractivity contribution in [1.29, 1.82) is 0 Å². The Bertz CT molecular complexity index is 403. The smallest absolute Gasteiger partial charge is 0.265 e. The Hall–Kier alpha value is -0.780. The van der Waals surface area contributed by atoms with Gasteiger partial charge in [0.25, 0.3) is 5.91 Å². The summed E-state index contributed by atoms with van der Waals surface area (Å²) in [5.41, 5.74) is 5.60. The van der Waals surface area contributed by atoms with Crippen LogP contribution in [0.25, 0.3) is 0 Å². The van der Waals surface area contributed by atoms with Gasteiger partial charge in [0.05, 0.1) is 12.6 Å². The van der Waals surface area contributed by atoms with Gasteiger partial charge in [0.2, 0.25) is 0 Å². The van der Waals surface area contributed by atoms with Gasteiger partial charge in [-0.25, -0.2) is 0 Å². The van der Waals surface area contributed by atoms with E-state index in [2.05, 4.69) is 5.32 Å². The largest absolute Gasteiger partial charge is 0.495 e. The normalized spacial score (nSPS) is 17.0. The fourth-order valence-electron chi connectivity index (χ4n) is 2.35.